The number of carbonyl (C=O) groups is 1. The number of fused-ring (bicyclic) bond motifs is 1. The second-order valence-corrected chi connectivity index (χ2v) is 4.87. The molecule has 19 heavy (non-hydrogen) atoms. The highest BCUT2D eigenvalue weighted by Gasteiger charge is 2.27. The van der Waals surface area contributed by atoms with Crippen molar-refractivity contribution in [3.63, 3.8) is 0 Å². The fraction of sp³-hybridized carbons (Fsp3) is 0.429. The van der Waals surface area contributed by atoms with Crippen LogP contribution in [-0.4, -0.2) is 46.6 Å². The van der Waals surface area contributed by atoms with Crippen molar-refractivity contribution in [2.75, 3.05) is 20.2 Å². The van der Waals surface area contributed by atoms with Crippen LogP contribution in [0.3, 0.4) is 0 Å². The zero-order chi connectivity index (χ0) is 13.4. The molecular formula is C14H17N3O2. The molecule has 1 unspecified atom stereocenters. The summed E-state index contributed by atoms with van der Waals surface area (Å²) in [5.74, 6) is 0.827. The van der Waals surface area contributed by atoms with Gasteiger partial charge in [0.2, 0.25) is 5.91 Å². The van der Waals surface area contributed by atoms with Gasteiger partial charge in [0, 0.05) is 19.2 Å². The Labute approximate surface area is 111 Å². The Morgan fingerprint density at radius 1 is 1.42 bits per heavy atom. The van der Waals surface area contributed by atoms with E-state index in [1.165, 1.54) is 6.42 Å². The number of nitrogens with zero attached hydrogens (tertiary/aromatic N) is 3. The Morgan fingerprint density at radius 2 is 2.21 bits per heavy atom. The zero-order valence-corrected chi connectivity index (χ0v) is 11.2. The number of aromatic nitrogens is 2. The van der Waals surface area contributed by atoms with Crippen molar-refractivity contribution >= 4 is 16.9 Å². The number of ether oxygens (including phenoxy) is 1. The summed E-state index contributed by atoms with van der Waals surface area (Å²) in [6.07, 6.45) is 2.78. The molecule has 100 valence electrons. The summed E-state index contributed by atoms with van der Waals surface area (Å²) in [4.78, 5) is 18.9. The molecule has 0 N–H and O–H groups in total. The first kappa shape index (κ1) is 12.2. The molecule has 1 fully saturated rings. The standard InChI is InChI=1S/C14H17N3O2/c1-10(16-6-3-7-16)14(18)17-9-15-12-8-11(19-2)4-5-13(12)17/h4-5,8-10H,3,6-7H2,1-2H3. The molecule has 1 aliphatic rings. The Kier molecular flexibility index (Phi) is 2.98. The van der Waals surface area contributed by atoms with Crippen LogP contribution >= 0.6 is 0 Å². The highest BCUT2D eigenvalue weighted by atomic mass is 16.5. The highest BCUT2D eigenvalue weighted by Crippen LogP contribution is 2.21. The van der Waals surface area contributed by atoms with Crippen molar-refractivity contribution in [1.82, 2.24) is 14.5 Å². The molecule has 1 aliphatic heterocycles. The molecule has 0 spiro atoms. The van der Waals surface area contributed by atoms with Gasteiger partial charge in [-0.15, -0.1) is 0 Å². The third-order valence-electron chi connectivity index (χ3n) is 3.79. The number of hydrogen-bond donors (Lipinski definition) is 0. The van der Waals surface area contributed by atoms with Gasteiger partial charge in [-0.25, -0.2) is 4.98 Å². The van der Waals surface area contributed by atoms with Gasteiger partial charge in [-0.1, -0.05) is 0 Å². The predicted molar refractivity (Wildman–Crippen MR) is 72.6 cm³/mol. The van der Waals surface area contributed by atoms with Crippen LogP contribution in [0.25, 0.3) is 11.0 Å². The van der Waals surface area contributed by atoms with Crippen LogP contribution in [0.15, 0.2) is 24.5 Å². The minimum Gasteiger partial charge on any atom is -0.497 e. The van der Waals surface area contributed by atoms with Crippen LogP contribution in [0, 0.1) is 0 Å². The SMILES string of the molecule is COc1ccc2c(c1)ncn2C(=O)C(C)N1CCC1. The topological polar surface area (TPSA) is 47.4 Å². The van der Waals surface area contributed by atoms with Gasteiger partial charge >= 0.3 is 0 Å². The highest BCUT2D eigenvalue weighted by molar-refractivity contribution is 5.93. The van der Waals surface area contributed by atoms with E-state index in [1.54, 1.807) is 18.0 Å². The van der Waals surface area contributed by atoms with Gasteiger partial charge < -0.3 is 4.74 Å². The quantitative estimate of drug-likeness (QED) is 0.843. The van der Waals surface area contributed by atoms with Gasteiger partial charge in [0.1, 0.15) is 12.1 Å². The first-order valence-electron chi connectivity index (χ1n) is 6.50. The lowest BCUT2D eigenvalue weighted by molar-refractivity contribution is 0.0646. The minimum atomic E-state index is -0.0896. The van der Waals surface area contributed by atoms with Crippen molar-refractivity contribution in [3.05, 3.63) is 24.5 Å². The average Bonchev–Trinajstić information content (AvgIpc) is 2.78. The fourth-order valence-corrected chi connectivity index (χ4v) is 2.38. The summed E-state index contributed by atoms with van der Waals surface area (Å²) in [5, 5.41) is 0. The fourth-order valence-electron chi connectivity index (χ4n) is 2.38. The van der Waals surface area contributed by atoms with Crippen molar-refractivity contribution in [3.8, 4) is 5.75 Å². The molecule has 0 saturated carbocycles. The zero-order valence-electron chi connectivity index (χ0n) is 11.2. The predicted octanol–water partition coefficient (Wildman–Crippen LogP) is 1.78. The Balaban J connectivity index is 1.93. The minimum absolute atomic E-state index is 0.0763. The summed E-state index contributed by atoms with van der Waals surface area (Å²) in [6, 6.07) is 5.48. The maximum atomic E-state index is 12.5. The molecule has 1 saturated heterocycles. The Bertz CT molecular complexity index is 616. The molecule has 2 aromatic rings. The van der Waals surface area contributed by atoms with Gasteiger partial charge in [-0.05, 0) is 25.5 Å². The molecule has 1 aromatic carbocycles. The van der Waals surface area contributed by atoms with Crippen LogP contribution in [0.4, 0.5) is 0 Å². The van der Waals surface area contributed by atoms with Gasteiger partial charge in [0.15, 0.2) is 0 Å². The normalized spacial score (nSPS) is 17.2. The van der Waals surface area contributed by atoms with Crippen molar-refractivity contribution < 1.29 is 9.53 Å². The van der Waals surface area contributed by atoms with Crippen LogP contribution in [0.2, 0.25) is 0 Å². The van der Waals surface area contributed by atoms with Gasteiger partial charge in [0.25, 0.3) is 0 Å². The summed E-state index contributed by atoms with van der Waals surface area (Å²) in [7, 11) is 1.62. The van der Waals surface area contributed by atoms with Crippen LogP contribution in [-0.2, 0) is 0 Å². The average molecular weight is 259 g/mol. The molecule has 3 rings (SSSR count). The molecule has 2 heterocycles. The third-order valence-corrected chi connectivity index (χ3v) is 3.79. The lowest BCUT2D eigenvalue weighted by Gasteiger charge is -2.35. The van der Waals surface area contributed by atoms with E-state index in [0.717, 1.165) is 29.9 Å². The molecule has 0 aliphatic carbocycles. The van der Waals surface area contributed by atoms with Gasteiger partial charge in [0.05, 0.1) is 24.2 Å². The second-order valence-electron chi connectivity index (χ2n) is 4.87. The first-order valence-corrected chi connectivity index (χ1v) is 6.50. The van der Waals surface area contributed by atoms with E-state index in [-0.39, 0.29) is 11.9 Å². The molecule has 5 heteroatoms. The maximum absolute atomic E-state index is 12.5. The van der Waals surface area contributed by atoms with Crippen LogP contribution in [0.5, 0.6) is 5.75 Å². The summed E-state index contributed by atoms with van der Waals surface area (Å²) in [6.45, 7) is 3.97. The van der Waals surface area contributed by atoms with E-state index in [4.69, 9.17) is 4.74 Å². The van der Waals surface area contributed by atoms with E-state index < -0.39 is 0 Å². The van der Waals surface area contributed by atoms with E-state index >= 15 is 0 Å². The molecule has 1 aromatic heterocycles. The number of carbonyl (C=O) groups excluding carboxylic acids is 1. The number of hydrogen-bond acceptors (Lipinski definition) is 4. The molecule has 0 amide bonds. The number of benzene rings is 1. The van der Waals surface area contributed by atoms with Crippen molar-refractivity contribution in [2.45, 2.75) is 19.4 Å². The van der Waals surface area contributed by atoms with Crippen LogP contribution < -0.4 is 4.74 Å². The van der Waals surface area contributed by atoms with E-state index in [2.05, 4.69) is 9.88 Å². The van der Waals surface area contributed by atoms with E-state index in [1.807, 2.05) is 25.1 Å². The Hall–Kier alpha value is -1.88. The molecule has 0 bridgehead atoms. The number of rotatable bonds is 3. The van der Waals surface area contributed by atoms with Gasteiger partial charge in [-0.3, -0.25) is 14.3 Å². The number of likely N-dealkylation sites (tertiary alicyclic amines) is 1. The Morgan fingerprint density at radius 3 is 2.84 bits per heavy atom. The van der Waals surface area contributed by atoms with Crippen molar-refractivity contribution in [1.29, 1.82) is 0 Å². The monoisotopic (exact) mass is 259 g/mol. The summed E-state index contributed by atoms with van der Waals surface area (Å²) in [5.41, 5.74) is 1.61. The third kappa shape index (κ3) is 2.00. The molecule has 5 nitrogen and oxygen atoms in total. The van der Waals surface area contributed by atoms with Crippen LogP contribution in [0.1, 0.15) is 18.1 Å². The largest absolute Gasteiger partial charge is 0.497 e. The lowest BCUT2D eigenvalue weighted by atomic mass is 10.1. The molecule has 0 radical (unpaired) electrons. The van der Waals surface area contributed by atoms with Gasteiger partial charge in [-0.2, -0.15) is 0 Å². The smallest absolute Gasteiger partial charge is 0.249 e. The molecule has 1 atom stereocenters. The first-order chi connectivity index (χ1) is 9.20. The number of methoxy groups -OCH3 is 1. The van der Waals surface area contributed by atoms with E-state index in [0.29, 0.717) is 0 Å². The lowest BCUT2D eigenvalue weighted by Crippen LogP contribution is -2.48. The maximum Gasteiger partial charge on any atom is 0.249 e. The van der Waals surface area contributed by atoms with Crippen molar-refractivity contribution in [2.24, 2.45) is 0 Å². The second kappa shape index (κ2) is 4.66. The summed E-state index contributed by atoms with van der Waals surface area (Å²) < 4.78 is 6.80. The van der Waals surface area contributed by atoms with E-state index in [9.17, 15) is 4.79 Å². The summed E-state index contributed by atoms with van der Waals surface area (Å²) >= 11 is 0. The molecular weight excluding hydrogens is 242 g/mol. The number of imidazole rings is 1.